The van der Waals surface area contributed by atoms with Crippen LogP contribution in [0.3, 0.4) is 0 Å². The van der Waals surface area contributed by atoms with Crippen molar-refractivity contribution in [1.29, 1.82) is 0 Å². The Morgan fingerprint density at radius 2 is 1.88 bits per heavy atom. The Labute approximate surface area is 188 Å². The molecule has 4 rings (SSSR count). The van der Waals surface area contributed by atoms with E-state index in [1.54, 1.807) is 31.2 Å². The molecule has 164 valence electrons. The Kier molecular flexibility index (Phi) is 6.05. The normalized spacial score (nSPS) is 12.0. The SMILES string of the molecule is COc1ccc(-c2cc3ncn(CC(=O)N(C)[C@H](C)c4ccc(F)cc4)c(=O)c3s2)cc1. The van der Waals surface area contributed by atoms with Crippen LogP contribution >= 0.6 is 11.3 Å². The predicted molar refractivity (Wildman–Crippen MR) is 123 cm³/mol. The second-order valence-electron chi connectivity index (χ2n) is 7.46. The number of thiophene rings is 1. The number of nitrogens with zero attached hydrogens (tertiary/aromatic N) is 3. The van der Waals surface area contributed by atoms with Crippen LogP contribution in [0.1, 0.15) is 18.5 Å². The molecule has 0 aliphatic rings. The monoisotopic (exact) mass is 451 g/mol. The van der Waals surface area contributed by atoms with Crippen LogP contribution in [-0.4, -0.2) is 34.5 Å². The Morgan fingerprint density at radius 1 is 1.19 bits per heavy atom. The molecule has 0 saturated carbocycles. The number of amides is 1. The van der Waals surface area contributed by atoms with Crippen LogP contribution in [0.15, 0.2) is 65.7 Å². The van der Waals surface area contributed by atoms with Gasteiger partial charge >= 0.3 is 0 Å². The van der Waals surface area contributed by atoms with Crippen LogP contribution in [-0.2, 0) is 11.3 Å². The van der Waals surface area contributed by atoms with Crippen molar-refractivity contribution in [1.82, 2.24) is 14.5 Å². The summed E-state index contributed by atoms with van der Waals surface area (Å²) in [6.45, 7) is 1.73. The molecule has 4 aromatic rings. The molecule has 0 N–H and O–H groups in total. The highest BCUT2D eigenvalue weighted by Gasteiger charge is 2.19. The predicted octanol–water partition coefficient (Wildman–Crippen LogP) is 4.49. The van der Waals surface area contributed by atoms with Gasteiger partial charge in [-0.3, -0.25) is 14.2 Å². The highest BCUT2D eigenvalue weighted by atomic mass is 32.1. The zero-order chi connectivity index (χ0) is 22.8. The third-order valence-electron chi connectivity index (χ3n) is 5.51. The first-order valence-corrected chi connectivity index (χ1v) is 10.8. The number of benzene rings is 2. The fourth-order valence-corrected chi connectivity index (χ4v) is 4.46. The first kappa shape index (κ1) is 21.7. The van der Waals surface area contributed by atoms with Crippen LogP contribution in [0.4, 0.5) is 4.39 Å². The minimum absolute atomic E-state index is 0.125. The number of fused-ring (bicyclic) bond motifs is 1. The van der Waals surface area contributed by atoms with Gasteiger partial charge in [-0.1, -0.05) is 12.1 Å². The fourth-order valence-electron chi connectivity index (χ4n) is 3.39. The molecule has 8 heteroatoms. The maximum atomic E-state index is 13.2. The lowest BCUT2D eigenvalue weighted by Crippen LogP contribution is -2.35. The van der Waals surface area contributed by atoms with Crippen molar-refractivity contribution < 1.29 is 13.9 Å². The topological polar surface area (TPSA) is 64.4 Å². The number of likely N-dealkylation sites (N-methyl/N-ethyl adjacent to an activating group) is 1. The number of carbonyl (C=O) groups excluding carboxylic acids is 1. The van der Waals surface area contributed by atoms with E-state index in [0.29, 0.717) is 10.2 Å². The van der Waals surface area contributed by atoms with Crippen molar-refractivity contribution in [3.8, 4) is 16.2 Å². The average Bonchev–Trinajstić information content (AvgIpc) is 3.25. The largest absolute Gasteiger partial charge is 0.497 e. The minimum Gasteiger partial charge on any atom is -0.497 e. The van der Waals surface area contributed by atoms with E-state index >= 15 is 0 Å². The van der Waals surface area contributed by atoms with E-state index in [1.165, 1.54) is 34.4 Å². The maximum absolute atomic E-state index is 13.2. The van der Waals surface area contributed by atoms with Gasteiger partial charge in [-0.25, -0.2) is 9.37 Å². The number of ether oxygens (including phenoxy) is 1. The molecule has 0 fully saturated rings. The number of methoxy groups -OCH3 is 1. The Bertz CT molecular complexity index is 1310. The van der Waals surface area contributed by atoms with Gasteiger partial charge in [0.2, 0.25) is 5.91 Å². The number of aromatic nitrogens is 2. The van der Waals surface area contributed by atoms with Gasteiger partial charge < -0.3 is 9.64 Å². The van der Waals surface area contributed by atoms with Crippen molar-refractivity contribution in [2.45, 2.75) is 19.5 Å². The van der Waals surface area contributed by atoms with Crippen LogP contribution in [0.2, 0.25) is 0 Å². The van der Waals surface area contributed by atoms with E-state index in [2.05, 4.69) is 4.98 Å². The molecule has 32 heavy (non-hydrogen) atoms. The molecule has 2 heterocycles. The molecular formula is C24H22FN3O3S. The van der Waals surface area contributed by atoms with Crippen molar-refractivity contribution in [2.75, 3.05) is 14.2 Å². The molecule has 6 nitrogen and oxygen atoms in total. The summed E-state index contributed by atoms with van der Waals surface area (Å²) in [7, 11) is 3.28. The number of carbonyl (C=O) groups is 1. The van der Waals surface area contributed by atoms with E-state index in [1.807, 2.05) is 37.3 Å². The maximum Gasteiger partial charge on any atom is 0.271 e. The van der Waals surface area contributed by atoms with E-state index in [0.717, 1.165) is 21.8 Å². The lowest BCUT2D eigenvalue weighted by Gasteiger charge is -2.25. The highest BCUT2D eigenvalue weighted by molar-refractivity contribution is 7.22. The standard InChI is InChI=1S/C24H22FN3O3S/c1-15(16-4-8-18(25)9-5-16)27(2)22(29)13-28-14-26-20-12-21(32-23(20)24(28)30)17-6-10-19(31-3)11-7-17/h4-12,14-15H,13H2,1-3H3/t15-/m1/s1. The molecule has 0 radical (unpaired) electrons. The van der Waals surface area contributed by atoms with Gasteiger partial charge in [-0.15, -0.1) is 11.3 Å². The molecule has 1 atom stereocenters. The van der Waals surface area contributed by atoms with Gasteiger partial charge in [-0.2, -0.15) is 0 Å². The van der Waals surface area contributed by atoms with Crippen LogP contribution in [0.25, 0.3) is 20.7 Å². The lowest BCUT2D eigenvalue weighted by molar-refractivity contribution is -0.132. The minimum atomic E-state index is -0.328. The summed E-state index contributed by atoms with van der Waals surface area (Å²) in [4.78, 5) is 32.7. The molecular weight excluding hydrogens is 429 g/mol. The first-order valence-electron chi connectivity index (χ1n) is 10.0. The fraction of sp³-hybridized carbons (Fsp3) is 0.208. The second kappa shape index (κ2) is 8.92. The summed E-state index contributed by atoms with van der Waals surface area (Å²) in [5.41, 5.74) is 2.12. The zero-order valence-corrected chi connectivity index (χ0v) is 18.7. The molecule has 0 aliphatic heterocycles. The lowest BCUT2D eigenvalue weighted by atomic mass is 10.1. The van der Waals surface area contributed by atoms with Crippen LogP contribution in [0, 0.1) is 5.82 Å². The van der Waals surface area contributed by atoms with Gasteiger partial charge in [0, 0.05) is 11.9 Å². The third kappa shape index (κ3) is 4.27. The smallest absolute Gasteiger partial charge is 0.271 e. The molecule has 0 spiro atoms. The Hall–Kier alpha value is -3.52. The number of halogens is 1. The summed E-state index contributed by atoms with van der Waals surface area (Å²) in [6.07, 6.45) is 1.41. The van der Waals surface area contributed by atoms with E-state index < -0.39 is 0 Å². The van der Waals surface area contributed by atoms with Crippen LogP contribution in [0.5, 0.6) is 5.75 Å². The first-order chi connectivity index (χ1) is 15.4. The summed E-state index contributed by atoms with van der Waals surface area (Å²) < 4.78 is 20.2. The summed E-state index contributed by atoms with van der Waals surface area (Å²) in [6, 6.07) is 15.2. The van der Waals surface area contributed by atoms with E-state index in [9.17, 15) is 14.0 Å². The Balaban J connectivity index is 1.56. The van der Waals surface area contributed by atoms with Gasteiger partial charge in [0.25, 0.3) is 5.56 Å². The van der Waals surface area contributed by atoms with Gasteiger partial charge in [0.1, 0.15) is 22.8 Å². The third-order valence-corrected chi connectivity index (χ3v) is 6.67. The molecule has 0 unspecified atom stereocenters. The molecule has 0 aliphatic carbocycles. The average molecular weight is 452 g/mol. The molecule has 1 amide bonds. The van der Waals surface area contributed by atoms with Crippen LogP contribution < -0.4 is 10.3 Å². The second-order valence-corrected chi connectivity index (χ2v) is 8.52. The van der Waals surface area contributed by atoms with Crippen molar-refractivity contribution >= 4 is 27.5 Å². The van der Waals surface area contributed by atoms with Gasteiger partial charge in [0.15, 0.2) is 0 Å². The van der Waals surface area contributed by atoms with E-state index in [-0.39, 0.29) is 29.9 Å². The van der Waals surface area contributed by atoms with Gasteiger partial charge in [-0.05, 0) is 60.5 Å². The molecule has 0 bridgehead atoms. The van der Waals surface area contributed by atoms with E-state index in [4.69, 9.17) is 4.74 Å². The van der Waals surface area contributed by atoms with Crippen molar-refractivity contribution in [2.24, 2.45) is 0 Å². The van der Waals surface area contributed by atoms with Crippen molar-refractivity contribution in [3.05, 3.63) is 82.7 Å². The van der Waals surface area contributed by atoms with Crippen molar-refractivity contribution in [3.63, 3.8) is 0 Å². The Morgan fingerprint density at radius 3 is 2.53 bits per heavy atom. The molecule has 2 aromatic heterocycles. The highest BCUT2D eigenvalue weighted by Crippen LogP contribution is 2.31. The summed E-state index contributed by atoms with van der Waals surface area (Å²) in [5.74, 6) is 0.190. The zero-order valence-electron chi connectivity index (χ0n) is 17.9. The quantitative estimate of drug-likeness (QED) is 0.433. The number of rotatable bonds is 6. The molecule has 2 aromatic carbocycles. The number of hydrogen-bond acceptors (Lipinski definition) is 5. The van der Waals surface area contributed by atoms with Gasteiger partial charge in [0.05, 0.1) is 25.0 Å². The number of hydrogen-bond donors (Lipinski definition) is 0. The molecule has 0 saturated heterocycles. The summed E-state index contributed by atoms with van der Waals surface area (Å²) in [5, 5.41) is 0. The summed E-state index contributed by atoms with van der Waals surface area (Å²) >= 11 is 1.35.